The Morgan fingerprint density at radius 2 is 1.74 bits per heavy atom. The normalized spacial score (nSPS) is 11.6. The van der Waals surface area contributed by atoms with Crippen molar-refractivity contribution in [2.75, 3.05) is 32.3 Å². The fraction of sp³-hybridized carbons (Fsp3) is 0.261. The van der Waals surface area contributed by atoms with E-state index in [4.69, 9.17) is 9.47 Å². The summed E-state index contributed by atoms with van der Waals surface area (Å²) in [6.45, 7) is 0.110. The van der Waals surface area contributed by atoms with E-state index in [1.54, 1.807) is 36.4 Å². The third-order valence-corrected chi connectivity index (χ3v) is 5.25. The van der Waals surface area contributed by atoms with Crippen molar-refractivity contribution in [2.45, 2.75) is 6.18 Å². The van der Waals surface area contributed by atoms with Crippen molar-refractivity contribution in [1.82, 2.24) is 15.1 Å². The minimum atomic E-state index is -4.57. The molecular weight excluding hydrogens is 451 g/mol. The van der Waals surface area contributed by atoms with E-state index in [1.165, 1.54) is 38.3 Å². The number of nitrogens with zero attached hydrogens (tertiary/aromatic N) is 4. The van der Waals surface area contributed by atoms with Crippen LogP contribution in [0.5, 0.6) is 11.5 Å². The standard InChI is InChI=1S/C23H22F3N5O3/c1-30-13-18(22(29-30)23(24,25)26)21-12-27-19-5-4-14(10-20(19)28-21)31(6-7-32)15-8-16(33-2)11-17(9-15)34-3/h4-5,8-13,32H,6-7H2,1-3H3/p+1. The van der Waals surface area contributed by atoms with Crippen LogP contribution in [-0.2, 0) is 13.2 Å². The number of aliphatic hydroxyl groups excluding tert-OH is 1. The van der Waals surface area contributed by atoms with Crippen LogP contribution in [0.1, 0.15) is 5.69 Å². The Hall–Kier alpha value is -3.86. The number of rotatable bonds is 7. The van der Waals surface area contributed by atoms with Crippen molar-refractivity contribution in [1.29, 1.82) is 0 Å². The molecule has 0 radical (unpaired) electrons. The summed E-state index contributed by atoms with van der Waals surface area (Å²) >= 11 is 0. The number of hydrogen-bond donors (Lipinski definition) is 2. The van der Waals surface area contributed by atoms with Crippen LogP contribution in [0.3, 0.4) is 0 Å². The second-order valence-corrected chi connectivity index (χ2v) is 7.51. The minimum Gasteiger partial charge on any atom is -0.497 e. The fourth-order valence-electron chi connectivity index (χ4n) is 3.69. The molecule has 0 aliphatic carbocycles. The Balaban J connectivity index is 1.81. The lowest BCUT2D eigenvalue weighted by Gasteiger charge is -2.25. The average molecular weight is 474 g/mol. The molecule has 11 heteroatoms. The quantitative estimate of drug-likeness (QED) is 0.398. The van der Waals surface area contributed by atoms with Gasteiger partial charge in [0.1, 0.15) is 17.1 Å². The number of methoxy groups -OCH3 is 2. The SMILES string of the molecule is COc1cc(OC)cc(N(CCO)c2ccc3ncc(-c4c[n+](C)[nH]c4C(F)(F)F)nc3c2)c1. The Morgan fingerprint density at radius 1 is 1.03 bits per heavy atom. The Morgan fingerprint density at radius 3 is 2.35 bits per heavy atom. The third-order valence-electron chi connectivity index (χ3n) is 5.25. The summed E-state index contributed by atoms with van der Waals surface area (Å²) in [5.41, 5.74) is 1.39. The number of alkyl halides is 3. The van der Waals surface area contributed by atoms with E-state index in [1.807, 2.05) is 4.90 Å². The molecular formula is C23H23F3N5O3+. The summed E-state index contributed by atoms with van der Waals surface area (Å²) in [5, 5.41) is 12.0. The molecule has 2 aromatic heterocycles. The van der Waals surface area contributed by atoms with E-state index in [2.05, 4.69) is 15.1 Å². The lowest BCUT2D eigenvalue weighted by molar-refractivity contribution is -0.727. The van der Waals surface area contributed by atoms with Gasteiger partial charge in [-0.15, -0.1) is 4.68 Å². The van der Waals surface area contributed by atoms with Crippen molar-refractivity contribution in [3.8, 4) is 22.8 Å². The molecule has 0 amide bonds. The number of aromatic nitrogens is 4. The Labute approximate surface area is 193 Å². The monoisotopic (exact) mass is 474 g/mol. The molecule has 2 heterocycles. The first-order valence-electron chi connectivity index (χ1n) is 10.3. The van der Waals surface area contributed by atoms with Gasteiger partial charge in [0.2, 0.25) is 6.20 Å². The average Bonchev–Trinajstić information content (AvgIpc) is 3.23. The molecule has 4 rings (SSSR count). The van der Waals surface area contributed by atoms with E-state index in [0.717, 1.165) is 0 Å². The number of nitrogens with one attached hydrogen (secondary N) is 1. The molecule has 2 N–H and O–H groups in total. The molecule has 8 nitrogen and oxygen atoms in total. The summed E-state index contributed by atoms with van der Waals surface area (Å²) in [7, 11) is 4.55. The topological polar surface area (TPSA) is 87.4 Å². The van der Waals surface area contributed by atoms with Crippen LogP contribution in [0.15, 0.2) is 48.8 Å². The van der Waals surface area contributed by atoms with Gasteiger partial charge < -0.3 is 19.5 Å². The molecule has 34 heavy (non-hydrogen) atoms. The van der Waals surface area contributed by atoms with E-state index in [-0.39, 0.29) is 24.4 Å². The molecule has 178 valence electrons. The summed E-state index contributed by atoms with van der Waals surface area (Å²) in [6, 6.07) is 10.6. The van der Waals surface area contributed by atoms with Crippen LogP contribution in [0.2, 0.25) is 0 Å². The lowest BCUT2D eigenvalue weighted by atomic mass is 10.1. The van der Waals surface area contributed by atoms with Crippen LogP contribution >= 0.6 is 0 Å². The largest absolute Gasteiger partial charge is 0.497 e. The number of aromatic amines is 1. The zero-order chi connectivity index (χ0) is 24.5. The maximum atomic E-state index is 13.5. The Bertz CT molecular complexity index is 1300. The summed E-state index contributed by atoms with van der Waals surface area (Å²) in [6.07, 6.45) is -1.93. The second kappa shape index (κ2) is 9.18. The van der Waals surface area contributed by atoms with Crippen molar-refractivity contribution < 1.29 is 32.4 Å². The number of benzene rings is 2. The molecule has 0 aliphatic heterocycles. The number of aryl methyl sites for hydroxylation is 1. The third kappa shape index (κ3) is 4.60. The fourth-order valence-corrected chi connectivity index (χ4v) is 3.69. The summed E-state index contributed by atoms with van der Waals surface area (Å²) in [5.74, 6) is 1.14. The van der Waals surface area contributed by atoms with Gasteiger partial charge in [-0.1, -0.05) is 0 Å². The molecule has 0 aliphatic rings. The van der Waals surface area contributed by atoms with Crippen molar-refractivity contribution in [3.05, 3.63) is 54.5 Å². The zero-order valence-electron chi connectivity index (χ0n) is 18.7. The first kappa shape index (κ1) is 23.3. The number of hydrogen-bond acceptors (Lipinski definition) is 6. The molecule has 0 saturated heterocycles. The van der Waals surface area contributed by atoms with Gasteiger partial charge in [-0.3, -0.25) is 4.98 Å². The van der Waals surface area contributed by atoms with Crippen molar-refractivity contribution in [2.24, 2.45) is 7.05 Å². The van der Waals surface area contributed by atoms with E-state index >= 15 is 0 Å². The predicted octanol–water partition coefficient (Wildman–Crippen LogP) is 3.62. The van der Waals surface area contributed by atoms with Gasteiger partial charge in [-0.2, -0.15) is 18.3 Å². The molecule has 0 fully saturated rings. The highest BCUT2D eigenvalue weighted by Crippen LogP contribution is 2.36. The van der Waals surface area contributed by atoms with Crippen LogP contribution in [0.4, 0.5) is 24.5 Å². The minimum absolute atomic E-state index is 0.0885. The van der Waals surface area contributed by atoms with Crippen LogP contribution in [0.25, 0.3) is 22.3 Å². The smallest absolute Gasteiger partial charge is 0.437 e. The van der Waals surface area contributed by atoms with Gasteiger partial charge >= 0.3 is 6.18 Å². The van der Waals surface area contributed by atoms with Crippen molar-refractivity contribution in [3.63, 3.8) is 0 Å². The molecule has 0 bridgehead atoms. The number of aliphatic hydroxyl groups is 1. The molecule has 0 spiro atoms. The summed E-state index contributed by atoms with van der Waals surface area (Å²) in [4.78, 5) is 10.6. The molecule has 0 unspecified atom stereocenters. The van der Waals surface area contributed by atoms with Crippen molar-refractivity contribution >= 4 is 22.4 Å². The number of ether oxygens (including phenoxy) is 2. The zero-order valence-corrected chi connectivity index (χ0v) is 18.7. The molecule has 0 atom stereocenters. The van der Waals surface area contributed by atoms with Gasteiger partial charge in [0.15, 0.2) is 12.7 Å². The predicted molar refractivity (Wildman–Crippen MR) is 119 cm³/mol. The second-order valence-electron chi connectivity index (χ2n) is 7.51. The molecule has 2 aromatic carbocycles. The number of anilines is 2. The van der Waals surface area contributed by atoms with Gasteiger partial charge in [-0.05, 0) is 18.2 Å². The van der Waals surface area contributed by atoms with Crippen LogP contribution < -0.4 is 19.1 Å². The van der Waals surface area contributed by atoms with Gasteiger partial charge in [0.25, 0.3) is 0 Å². The first-order valence-corrected chi connectivity index (χ1v) is 10.3. The maximum Gasteiger partial charge on any atom is 0.437 e. The van der Waals surface area contributed by atoms with Crippen LogP contribution in [0, 0.1) is 0 Å². The highest BCUT2D eigenvalue weighted by atomic mass is 19.4. The maximum absolute atomic E-state index is 13.5. The van der Waals surface area contributed by atoms with Gasteiger partial charge in [-0.25, -0.2) is 4.98 Å². The highest BCUT2D eigenvalue weighted by Gasteiger charge is 2.39. The van der Waals surface area contributed by atoms with E-state index in [9.17, 15) is 18.3 Å². The molecule has 4 aromatic rings. The number of fused-ring (bicyclic) bond motifs is 1. The van der Waals surface area contributed by atoms with Gasteiger partial charge in [0.05, 0.1) is 43.8 Å². The van der Waals surface area contributed by atoms with E-state index in [0.29, 0.717) is 33.9 Å². The number of halogens is 3. The Kier molecular flexibility index (Phi) is 6.29. The summed E-state index contributed by atoms with van der Waals surface area (Å²) < 4.78 is 52.4. The first-order chi connectivity index (χ1) is 16.2. The van der Waals surface area contributed by atoms with E-state index < -0.39 is 11.9 Å². The highest BCUT2D eigenvalue weighted by molar-refractivity contribution is 5.83. The van der Waals surface area contributed by atoms with Crippen LogP contribution in [-0.4, -0.2) is 47.5 Å². The molecule has 0 saturated carbocycles. The lowest BCUT2D eigenvalue weighted by Crippen LogP contribution is -2.29. The van der Waals surface area contributed by atoms with Gasteiger partial charge in [0, 0.05) is 36.1 Å². The number of H-pyrrole nitrogens is 1.